The summed E-state index contributed by atoms with van der Waals surface area (Å²) in [4.78, 5) is 28.2. The van der Waals surface area contributed by atoms with Gasteiger partial charge in [-0.05, 0) is 90.2 Å². The van der Waals surface area contributed by atoms with E-state index in [2.05, 4.69) is 41.7 Å². The van der Waals surface area contributed by atoms with E-state index in [1.807, 2.05) is 72.3 Å². The summed E-state index contributed by atoms with van der Waals surface area (Å²) in [6.07, 6.45) is 0.999. The second kappa shape index (κ2) is 13.4. The lowest BCUT2D eigenvalue weighted by Crippen LogP contribution is -2.25. The van der Waals surface area contributed by atoms with E-state index in [4.69, 9.17) is 20.6 Å². The Kier molecular flexibility index (Phi) is 8.27. The van der Waals surface area contributed by atoms with Gasteiger partial charge in [-0.1, -0.05) is 66.4 Å². The maximum Gasteiger partial charge on any atom is 0.286 e. The standard InChI is InChI=1S/C38H31N3O5S/c1-41-34-23-32(46-31-17-15-30(16-18-31)45-29-13-9-26(10-14-29)21-25-5-3-2-4-6-25)19-20-33(34)39-36(41)24-44-28-11-7-27(8-12-28)22-35-37(42)40-38(43)47-35/h2-20,23,35H,21-22,24H2,1H3,(H,40,42,43)/i35D. The molecule has 1 fully saturated rings. The van der Waals surface area contributed by atoms with Crippen molar-refractivity contribution < 1.29 is 25.2 Å². The molecule has 1 unspecified atom stereocenters. The lowest BCUT2D eigenvalue weighted by molar-refractivity contribution is -0.118. The largest absolute Gasteiger partial charge is 0.486 e. The van der Waals surface area contributed by atoms with Gasteiger partial charge in [0.15, 0.2) is 0 Å². The summed E-state index contributed by atoms with van der Waals surface area (Å²) in [7, 11) is 1.93. The molecule has 0 aliphatic carbocycles. The molecule has 1 aromatic heterocycles. The highest BCUT2D eigenvalue weighted by Crippen LogP contribution is 2.30. The number of nitrogens with one attached hydrogen (secondary N) is 1. The highest BCUT2D eigenvalue weighted by molar-refractivity contribution is 8.15. The van der Waals surface area contributed by atoms with Gasteiger partial charge in [-0.15, -0.1) is 0 Å². The molecule has 1 aliphatic heterocycles. The zero-order valence-corrected chi connectivity index (χ0v) is 26.3. The summed E-state index contributed by atoms with van der Waals surface area (Å²) in [5, 5.41) is 0.131. The van der Waals surface area contributed by atoms with E-state index in [9.17, 15) is 9.59 Å². The molecule has 7 rings (SSSR count). The monoisotopic (exact) mass is 642 g/mol. The highest BCUT2D eigenvalue weighted by Gasteiger charge is 2.31. The van der Waals surface area contributed by atoms with Gasteiger partial charge in [-0.3, -0.25) is 14.9 Å². The summed E-state index contributed by atoms with van der Waals surface area (Å²) >= 11 is 0.699. The third-order valence-electron chi connectivity index (χ3n) is 7.76. The number of fused-ring (bicyclic) bond motifs is 1. The zero-order chi connectivity index (χ0) is 33.1. The first-order valence-corrected chi connectivity index (χ1v) is 15.9. The van der Waals surface area contributed by atoms with Crippen LogP contribution in [0.25, 0.3) is 11.0 Å². The van der Waals surface area contributed by atoms with Gasteiger partial charge in [0.05, 0.1) is 17.6 Å². The van der Waals surface area contributed by atoms with Crippen molar-refractivity contribution in [2.75, 3.05) is 0 Å². The van der Waals surface area contributed by atoms with Crippen molar-refractivity contribution in [2.24, 2.45) is 7.05 Å². The quantitative estimate of drug-likeness (QED) is 0.152. The highest BCUT2D eigenvalue weighted by atomic mass is 32.2. The van der Waals surface area contributed by atoms with Crippen molar-refractivity contribution in [1.29, 1.82) is 0 Å². The second-order valence-electron chi connectivity index (χ2n) is 11.1. The maximum atomic E-state index is 12.0. The lowest BCUT2D eigenvalue weighted by atomic mass is 10.1. The Morgan fingerprint density at radius 1 is 0.745 bits per heavy atom. The first-order chi connectivity index (χ1) is 23.3. The number of aromatic nitrogens is 2. The molecule has 5 aromatic carbocycles. The van der Waals surface area contributed by atoms with Gasteiger partial charge in [-0.25, -0.2) is 4.98 Å². The third kappa shape index (κ3) is 7.31. The van der Waals surface area contributed by atoms with Crippen LogP contribution in [0.15, 0.2) is 121 Å². The molecule has 8 nitrogen and oxygen atoms in total. The van der Waals surface area contributed by atoms with Crippen LogP contribution in [0.5, 0.6) is 28.7 Å². The SMILES string of the molecule is [2H]C1(Cc2ccc(OCc3nc4ccc(Oc5ccc(Oc6ccc(Cc7ccccc7)cc6)cc5)cc4n3C)cc2)SC(=O)NC1=O. The van der Waals surface area contributed by atoms with Crippen LogP contribution in [-0.2, 0) is 31.3 Å². The molecule has 2 amide bonds. The average molecular weight is 643 g/mol. The predicted molar refractivity (Wildman–Crippen MR) is 182 cm³/mol. The van der Waals surface area contributed by atoms with E-state index in [0.717, 1.165) is 40.3 Å². The second-order valence-corrected chi connectivity index (χ2v) is 12.2. The zero-order valence-electron chi connectivity index (χ0n) is 26.5. The van der Waals surface area contributed by atoms with Crippen LogP contribution in [0.3, 0.4) is 0 Å². The van der Waals surface area contributed by atoms with E-state index >= 15 is 0 Å². The summed E-state index contributed by atoms with van der Waals surface area (Å²) in [6.45, 7) is 0.243. The van der Waals surface area contributed by atoms with Crippen LogP contribution in [-0.4, -0.2) is 25.9 Å². The normalized spacial score (nSPS) is 16.1. The average Bonchev–Trinajstić information content (AvgIpc) is 3.54. The van der Waals surface area contributed by atoms with Crippen molar-refractivity contribution in [3.63, 3.8) is 0 Å². The summed E-state index contributed by atoms with van der Waals surface area (Å²) in [5.74, 6) is 3.63. The van der Waals surface area contributed by atoms with E-state index in [0.29, 0.717) is 29.0 Å². The van der Waals surface area contributed by atoms with Gasteiger partial charge in [0.25, 0.3) is 5.24 Å². The van der Waals surface area contributed by atoms with Crippen LogP contribution >= 0.6 is 11.8 Å². The number of hydrogen-bond acceptors (Lipinski definition) is 7. The minimum atomic E-state index is -1.55. The topological polar surface area (TPSA) is 91.7 Å². The molecule has 1 saturated heterocycles. The van der Waals surface area contributed by atoms with Gasteiger partial charge in [-0.2, -0.15) is 0 Å². The first-order valence-electron chi connectivity index (χ1n) is 15.6. The first kappa shape index (κ1) is 28.9. The number of amides is 2. The Labute approximate surface area is 277 Å². The van der Waals surface area contributed by atoms with Crippen LogP contribution < -0.4 is 19.5 Å². The number of carbonyl (C=O) groups excluding carboxylic acids is 2. The van der Waals surface area contributed by atoms with Gasteiger partial charge in [0.1, 0.15) is 41.2 Å². The molecular formula is C38H31N3O5S. The number of ether oxygens (including phenoxy) is 3. The smallest absolute Gasteiger partial charge is 0.286 e. The number of benzene rings is 5. The molecule has 0 spiro atoms. The van der Waals surface area contributed by atoms with Gasteiger partial charge >= 0.3 is 0 Å². The van der Waals surface area contributed by atoms with Gasteiger partial charge in [0, 0.05) is 13.1 Å². The number of imidazole rings is 1. The van der Waals surface area contributed by atoms with E-state index < -0.39 is 16.4 Å². The Morgan fingerprint density at radius 3 is 1.98 bits per heavy atom. The molecule has 6 aromatic rings. The van der Waals surface area contributed by atoms with E-state index in [1.54, 1.807) is 24.3 Å². The molecule has 1 atom stereocenters. The molecule has 1 N–H and O–H groups in total. The van der Waals surface area contributed by atoms with Crippen molar-refractivity contribution in [3.05, 3.63) is 144 Å². The Hall–Kier alpha value is -5.54. The number of imide groups is 1. The molecule has 234 valence electrons. The fourth-order valence-corrected chi connectivity index (χ4v) is 6.02. The molecule has 9 heteroatoms. The van der Waals surface area contributed by atoms with E-state index in [1.165, 1.54) is 11.1 Å². The molecule has 1 aliphatic rings. The van der Waals surface area contributed by atoms with Crippen LogP contribution in [0, 0.1) is 0 Å². The molecule has 0 bridgehead atoms. The summed E-state index contributed by atoms with van der Waals surface area (Å²) in [5.41, 5.74) is 4.98. The number of hydrogen-bond donors (Lipinski definition) is 1. The molecule has 47 heavy (non-hydrogen) atoms. The number of nitrogens with zero attached hydrogens (tertiary/aromatic N) is 2. The number of carbonyl (C=O) groups is 2. The minimum absolute atomic E-state index is 0.118. The molecule has 0 radical (unpaired) electrons. The lowest BCUT2D eigenvalue weighted by Gasteiger charge is -2.10. The summed E-state index contributed by atoms with van der Waals surface area (Å²) in [6, 6.07) is 39.0. The predicted octanol–water partition coefficient (Wildman–Crippen LogP) is 8.22. The number of aryl methyl sites for hydroxylation is 1. The molecule has 2 heterocycles. The fourth-order valence-electron chi connectivity index (χ4n) is 5.27. The summed E-state index contributed by atoms with van der Waals surface area (Å²) < 4.78 is 28.5. The number of rotatable bonds is 11. The van der Waals surface area contributed by atoms with Crippen molar-refractivity contribution >= 4 is 33.9 Å². The third-order valence-corrected chi connectivity index (χ3v) is 8.62. The fraction of sp³-hybridized carbons (Fsp3) is 0.132. The van der Waals surface area contributed by atoms with Crippen LogP contribution in [0.2, 0.25) is 0 Å². The van der Waals surface area contributed by atoms with E-state index in [-0.39, 0.29) is 13.0 Å². The van der Waals surface area contributed by atoms with Crippen molar-refractivity contribution in [1.82, 2.24) is 14.9 Å². The van der Waals surface area contributed by atoms with Crippen molar-refractivity contribution in [2.45, 2.75) is 24.7 Å². The Bertz CT molecular complexity index is 2080. The number of thioether (sulfide) groups is 1. The van der Waals surface area contributed by atoms with Gasteiger partial charge < -0.3 is 18.8 Å². The van der Waals surface area contributed by atoms with Gasteiger partial charge in [0.2, 0.25) is 5.91 Å². The van der Waals surface area contributed by atoms with Crippen LogP contribution in [0.1, 0.15) is 23.9 Å². The minimum Gasteiger partial charge on any atom is -0.486 e. The van der Waals surface area contributed by atoms with Crippen molar-refractivity contribution in [3.8, 4) is 28.7 Å². The Balaban J connectivity index is 0.941. The molecular weight excluding hydrogens is 611 g/mol. The Morgan fingerprint density at radius 2 is 1.32 bits per heavy atom. The maximum absolute atomic E-state index is 12.0. The molecule has 0 saturated carbocycles. The van der Waals surface area contributed by atoms with Crippen LogP contribution in [0.4, 0.5) is 4.79 Å².